The fourth-order valence-corrected chi connectivity index (χ4v) is 3.26. The van der Waals surface area contributed by atoms with Gasteiger partial charge in [-0.3, -0.25) is 15.4 Å². The van der Waals surface area contributed by atoms with Gasteiger partial charge < -0.3 is 14.8 Å². The Hall–Kier alpha value is -3.65. The number of hydrogen-bond donors (Lipinski definition) is 2. The molecule has 0 unspecified atom stereocenters. The Labute approximate surface area is 187 Å². The minimum absolute atomic E-state index is 0.176. The summed E-state index contributed by atoms with van der Waals surface area (Å²) < 4.78 is 11.2. The smallest absolute Gasteiger partial charge is 0.411 e. The molecule has 3 rings (SSSR count). The number of ether oxygens (including phenoxy) is 2. The van der Waals surface area contributed by atoms with E-state index in [4.69, 9.17) is 9.47 Å². The van der Waals surface area contributed by atoms with Crippen LogP contribution in [0.25, 0.3) is 0 Å². The number of rotatable bonds is 10. The zero-order valence-electron chi connectivity index (χ0n) is 18.0. The predicted molar refractivity (Wildman–Crippen MR) is 122 cm³/mol. The molecule has 1 aliphatic carbocycles. The lowest BCUT2D eigenvalue weighted by Gasteiger charge is -2.17. The van der Waals surface area contributed by atoms with Gasteiger partial charge in [-0.25, -0.2) is 4.79 Å². The van der Waals surface area contributed by atoms with Crippen LogP contribution in [0.4, 0.5) is 10.5 Å². The SMILES string of the molecule is CCCNCC1=C([N+](=O)[O-])CCC(Oc2cccc(NC(=O)OCc3ccccc3)c2)=C1. The third-order valence-corrected chi connectivity index (χ3v) is 4.82. The maximum Gasteiger partial charge on any atom is 0.411 e. The van der Waals surface area contributed by atoms with Crippen LogP contribution in [0.3, 0.4) is 0 Å². The highest BCUT2D eigenvalue weighted by Crippen LogP contribution is 2.28. The fraction of sp³-hybridized carbons (Fsp3) is 0.292. The van der Waals surface area contributed by atoms with Crippen molar-refractivity contribution in [1.29, 1.82) is 0 Å². The molecular weight excluding hydrogens is 410 g/mol. The molecule has 1 aliphatic rings. The molecule has 0 aliphatic heterocycles. The predicted octanol–water partition coefficient (Wildman–Crippen LogP) is 5.02. The van der Waals surface area contributed by atoms with Gasteiger partial charge in [0.15, 0.2) is 0 Å². The van der Waals surface area contributed by atoms with E-state index in [1.54, 1.807) is 30.3 Å². The molecule has 0 saturated heterocycles. The Kier molecular flexibility index (Phi) is 8.39. The van der Waals surface area contributed by atoms with E-state index < -0.39 is 6.09 Å². The van der Waals surface area contributed by atoms with Crippen LogP contribution in [0.1, 0.15) is 31.7 Å². The van der Waals surface area contributed by atoms with Crippen LogP contribution in [0.5, 0.6) is 5.75 Å². The summed E-state index contributed by atoms with van der Waals surface area (Å²) in [5, 5.41) is 17.2. The molecule has 168 valence electrons. The van der Waals surface area contributed by atoms with Crippen LogP contribution in [-0.2, 0) is 11.3 Å². The molecule has 0 atom stereocenters. The van der Waals surface area contributed by atoms with Gasteiger partial charge in [0.1, 0.15) is 18.1 Å². The van der Waals surface area contributed by atoms with Gasteiger partial charge >= 0.3 is 6.09 Å². The second kappa shape index (κ2) is 11.7. The molecule has 0 fully saturated rings. The summed E-state index contributed by atoms with van der Waals surface area (Å²) in [6, 6.07) is 16.4. The van der Waals surface area contributed by atoms with E-state index in [0.29, 0.717) is 42.2 Å². The largest absolute Gasteiger partial charge is 0.462 e. The zero-order chi connectivity index (χ0) is 22.8. The lowest BCUT2D eigenvalue weighted by atomic mass is 10.0. The summed E-state index contributed by atoms with van der Waals surface area (Å²) >= 11 is 0. The van der Waals surface area contributed by atoms with Crippen molar-refractivity contribution in [1.82, 2.24) is 5.32 Å². The van der Waals surface area contributed by atoms with E-state index >= 15 is 0 Å². The number of allylic oxidation sites excluding steroid dienone is 2. The third-order valence-electron chi connectivity index (χ3n) is 4.82. The van der Waals surface area contributed by atoms with E-state index in [1.165, 1.54) is 0 Å². The first-order valence-corrected chi connectivity index (χ1v) is 10.6. The topological polar surface area (TPSA) is 103 Å². The summed E-state index contributed by atoms with van der Waals surface area (Å²) in [5.41, 5.74) is 2.28. The number of anilines is 1. The molecule has 0 bridgehead atoms. The number of nitro groups is 1. The molecule has 2 aromatic rings. The van der Waals surface area contributed by atoms with E-state index in [1.807, 2.05) is 37.3 Å². The molecule has 2 aromatic carbocycles. The van der Waals surface area contributed by atoms with Gasteiger partial charge in [-0.15, -0.1) is 0 Å². The Bertz CT molecular complexity index is 1000. The maximum atomic E-state index is 12.1. The molecular formula is C24H27N3O5. The van der Waals surface area contributed by atoms with Gasteiger partial charge in [0.25, 0.3) is 5.70 Å². The average molecular weight is 437 g/mol. The first-order valence-electron chi connectivity index (χ1n) is 10.6. The summed E-state index contributed by atoms with van der Waals surface area (Å²) in [4.78, 5) is 23.1. The Morgan fingerprint density at radius 2 is 1.94 bits per heavy atom. The van der Waals surface area contributed by atoms with Crippen molar-refractivity contribution in [3.63, 3.8) is 0 Å². The number of amides is 1. The van der Waals surface area contributed by atoms with E-state index in [2.05, 4.69) is 10.6 Å². The van der Waals surface area contributed by atoms with Gasteiger partial charge in [0.05, 0.1) is 4.92 Å². The Morgan fingerprint density at radius 1 is 1.12 bits per heavy atom. The summed E-state index contributed by atoms with van der Waals surface area (Å²) in [6.07, 6.45) is 2.86. The van der Waals surface area contributed by atoms with Crippen molar-refractivity contribution in [2.75, 3.05) is 18.4 Å². The number of benzene rings is 2. The van der Waals surface area contributed by atoms with Crippen molar-refractivity contribution in [3.05, 3.63) is 93.4 Å². The normalized spacial score (nSPS) is 13.3. The second-order valence-corrected chi connectivity index (χ2v) is 7.33. The van der Waals surface area contributed by atoms with Crippen molar-refractivity contribution in [3.8, 4) is 5.75 Å². The molecule has 0 heterocycles. The van der Waals surface area contributed by atoms with Crippen LogP contribution in [0, 0.1) is 10.1 Å². The van der Waals surface area contributed by atoms with Crippen molar-refractivity contribution in [2.45, 2.75) is 32.8 Å². The second-order valence-electron chi connectivity index (χ2n) is 7.33. The maximum absolute atomic E-state index is 12.1. The molecule has 32 heavy (non-hydrogen) atoms. The fourth-order valence-electron chi connectivity index (χ4n) is 3.26. The third kappa shape index (κ3) is 6.95. The van der Waals surface area contributed by atoms with Crippen LogP contribution >= 0.6 is 0 Å². The molecule has 0 radical (unpaired) electrons. The molecule has 1 amide bonds. The molecule has 8 nitrogen and oxygen atoms in total. The average Bonchev–Trinajstić information content (AvgIpc) is 2.79. The Morgan fingerprint density at radius 3 is 2.69 bits per heavy atom. The van der Waals surface area contributed by atoms with Crippen molar-refractivity contribution in [2.24, 2.45) is 0 Å². The van der Waals surface area contributed by atoms with Gasteiger partial charge in [-0.05, 0) is 36.7 Å². The molecule has 0 spiro atoms. The van der Waals surface area contributed by atoms with Crippen LogP contribution in [0.15, 0.2) is 77.7 Å². The standard InChI is InChI=1S/C24H27N3O5/c1-2-13-25-16-19-14-22(11-12-23(19)27(29)30)32-21-10-6-9-20(15-21)26-24(28)31-17-18-7-4-3-5-8-18/h3-10,14-15,25H,2,11-13,16-17H2,1H3,(H,26,28). The van der Waals surface area contributed by atoms with Gasteiger partial charge in [-0.2, -0.15) is 0 Å². The lowest BCUT2D eigenvalue weighted by Crippen LogP contribution is -2.21. The van der Waals surface area contributed by atoms with Crippen LogP contribution in [-0.4, -0.2) is 24.1 Å². The molecule has 2 N–H and O–H groups in total. The molecule has 8 heteroatoms. The molecule has 0 aromatic heterocycles. The number of nitrogens with one attached hydrogen (secondary N) is 2. The number of carbonyl (C=O) groups is 1. The highest BCUT2D eigenvalue weighted by Gasteiger charge is 2.23. The van der Waals surface area contributed by atoms with Crippen molar-refractivity contribution >= 4 is 11.8 Å². The zero-order valence-corrected chi connectivity index (χ0v) is 18.0. The minimum atomic E-state index is -0.564. The van der Waals surface area contributed by atoms with Gasteiger partial charge in [0, 0.05) is 36.7 Å². The Balaban J connectivity index is 1.61. The molecule has 0 saturated carbocycles. The van der Waals surface area contributed by atoms with Gasteiger partial charge in [0.2, 0.25) is 0 Å². The first-order chi connectivity index (χ1) is 15.5. The van der Waals surface area contributed by atoms with E-state index in [-0.39, 0.29) is 17.2 Å². The van der Waals surface area contributed by atoms with Gasteiger partial charge in [-0.1, -0.05) is 43.3 Å². The summed E-state index contributed by atoms with van der Waals surface area (Å²) in [6.45, 7) is 3.42. The van der Waals surface area contributed by atoms with Crippen molar-refractivity contribution < 1.29 is 19.2 Å². The van der Waals surface area contributed by atoms with E-state index in [0.717, 1.165) is 18.5 Å². The number of hydrogen-bond acceptors (Lipinski definition) is 6. The highest BCUT2D eigenvalue weighted by atomic mass is 16.6. The first kappa shape index (κ1) is 23.0. The summed E-state index contributed by atoms with van der Waals surface area (Å²) in [5.74, 6) is 1.18. The lowest BCUT2D eigenvalue weighted by molar-refractivity contribution is -0.429. The van der Waals surface area contributed by atoms with Crippen LogP contribution < -0.4 is 15.4 Å². The summed E-state index contributed by atoms with van der Waals surface area (Å²) in [7, 11) is 0. The number of carbonyl (C=O) groups excluding carboxylic acids is 1. The highest BCUT2D eigenvalue weighted by molar-refractivity contribution is 5.84. The monoisotopic (exact) mass is 437 g/mol. The van der Waals surface area contributed by atoms with E-state index in [9.17, 15) is 14.9 Å². The quantitative estimate of drug-likeness (QED) is 0.307. The minimum Gasteiger partial charge on any atom is -0.462 e. The number of nitrogens with zero attached hydrogens (tertiary/aromatic N) is 1. The van der Waals surface area contributed by atoms with Crippen LogP contribution in [0.2, 0.25) is 0 Å².